The summed E-state index contributed by atoms with van der Waals surface area (Å²) < 4.78 is 5.32. The number of aromatic amines is 1. The lowest BCUT2D eigenvalue weighted by Crippen LogP contribution is -2.49. The lowest BCUT2D eigenvalue weighted by Gasteiger charge is -2.40. The zero-order valence-corrected chi connectivity index (χ0v) is 37.4. The summed E-state index contributed by atoms with van der Waals surface area (Å²) in [6, 6.07) is 18.1. The van der Waals surface area contributed by atoms with Gasteiger partial charge in [0, 0.05) is 86.5 Å². The average Bonchev–Trinajstić information content (AvgIpc) is 3.97. The number of nitrogens with one attached hydrogen (secondary N) is 3. The van der Waals surface area contributed by atoms with Crippen LogP contribution in [0.5, 0.6) is 0 Å². The van der Waals surface area contributed by atoms with Gasteiger partial charge in [-0.15, -0.1) is 0 Å². The normalized spacial score (nSPS) is 17.2. The molecule has 64 heavy (non-hydrogen) atoms. The number of carbonyl (C=O) groups excluding carboxylic acids is 3. The number of piperidine rings is 1. The van der Waals surface area contributed by atoms with E-state index in [2.05, 4.69) is 86.8 Å². The number of rotatable bonds is 10. The number of nitrogens with zero attached hydrogens (tertiary/aromatic N) is 9. The van der Waals surface area contributed by atoms with E-state index in [1.54, 1.807) is 11.2 Å². The Hall–Kier alpha value is -6.68. The first-order chi connectivity index (χ1) is 30.8. The van der Waals surface area contributed by atoms with Gasteiger partial charge in [0.2, 0.25) is 11.8 Å². The van der Waals surface area contributed by atoms with Crippen LogP contribution in [-0.4, -0.2) is 105 Å². The first kappa shape index (κ1) is 42.6. The van der Waals surface area contributed by atoms with Gasteiger partial charge in [0.1, 0.15) is 12.0 Å². The number of hydrogen-bond acceptors (Lipinski definition) is 12. The topological polar surface area (TPSA) is 182 Å². The lowest BCUT2D eigenvalue weighted by atomic mass is 9.95. The number of hydrogen-bond donors (Lipinski definition) is 3. The molecule has 1 atom stereocenters. The maximum Gasteiger partial charge on any atom is 0.328 e. The molecule has 3 aliphatic heterocycles. The fraction of sp³-hybridized carbons (Fsp3) is 0.417. The zero-order chi connectivity index (χ0) is 44.7. The molecule has 3 N–H and O–H groups in total. The van der Waals surface area contributed by atoms with Gasteiger partial charge in [0.15, 0.2) is 0 Å². The van der Waals surface area contributed by atoms with Gasteiger partial charge < -0.3 is 24.6 Å². The summed E-state index contributed by atoms with van der Waals surface area (Å²) in [7, 11) is 0. The van der Waals surface area contributed by atoms with Gasteiger partial charge in [-0.3, -0.25) is 29.7 Å². The van der Waals surface area contributed by atoms with Crippen LogP contribution in [0.3, 0.4) is 0 Å². The highest BCUT2D eigenvalue weighted by molar-refractivity contribution is 6.06. The highest BCUT2D eigenvalue weighted by atomic mass is 16.5. The van der Waals surface area contributed by atoms with Crippen LogP contribution >= 0.6 is 0 Å². The average molecular weight is 865 g/mol. The van der Waals surface area contributed by atoms with Gasteiger partial charge in [0.25, 0.3) is 11.7 Å². The maximum atomic E-state index is 13.0. The molecule has 4 aromatic heterocycles. The molecule has 16 heteroatoms. The highest BCUT2D eigenvalue weighted by Crippen LogP contribution is 2.33. The molecule has 7 heterocycles. The number of carbonyl (C=O) groups is 3. The molecule has 0 radical (unpaired) electrons. The molecule has 3 saturated heterocycles. The Bertz CT molecular complexity index is 2690. The Balaban J connectivity index is 0.771. The van der Waals surface area contributed by atoms with Crippen LogP contribution in [-0.2, 0) is 10.2 Å². The number of anilines is 3. The number of aryl methyl sites for hydroxylation is 2. The molecule has 3 fully saturated rings. The molecule has 0 unspecified atom stereocenters. The van der Waals surface area contributed by atoms with Gasteiger partial charge in [-0.2, -0.15) is 4.98 Å². The standard InChI is InChI=1S/C48H56N12O4/c1-29-23-33(7-10-36(29)31(3)52-45(62)44-55-46(64-56-44)48(4,5)6)42-37-25-39(53-43(37)51-28-50-42)38-11-8-35(26-49-38)59-21-19-57(20-22-59)27-32-13-16-58(17-14-32)34-9-12-40(30(2)24-34)60-18-15-41(61)54-47(60)63/h7-12,23-26,28,31-32H,13-22,27H2,1-6H3,(H,52,62)(H,50,51,53)(H,54,61,63)/t31-/m1/s1. The smallest absolute Gasteiger partial charge is 0.328 e. The van der Waals surface area contributed by atoms with Crippen molar-refractivity contribution in [1.82, 2.24) is 45.6 Å². The SMILES string of the molecule is Cc1cc(-c2ncnc3[nH]c(-c4ccc(N5CCN(CC6CCN(c7ccc(N8CCC(=O)NC8=O)c(C)c7)CC6)CC5)cn4)cc23)ccc1[C@@H](C)NC(=O)c1noc(C(C)(C)C)n1. The summed E-state index contributed by atoms with van der Waals surface area (Å²) in [6.07, 6.45) is 6.17. The maximum absolute atomic E-state index is 13.0. The third kappa shape index (κ3) is 8.91. The van der Waals surface area contributed by atoms with Crippen molar-refractivity contribution in [3.05, 3.63) is 95.5 Å². The second-order valence-corrected chi connectivity index (χ2v) is 18.5. The van der Waals surface area contributed by atoms with Crippen molar-refractivity contribution in [1.29, 1.82) is 0 Å². The van der Waals surface area contributed by atoms with Crippen LogP contribution in [0.2, 0.25) is 0 Å². The second-order valence-electron chi connectivity index (χ2n) is 18.5. The molecule has 3 aliphatic rings. The summed E-state index contributed by atoms with van der Waals surface area (Å²) in [5.74, 6) is 0.494. The quantitative estimate of drug-likeness (QED) is 0.129. The Kier molecular flexibility index (Phi) is 11.6. The number of fused-ring (bicyclic) bond motifs is 1. The van der Waals surface area contributed by atoms with E-state index < -0.39 is 0 Å². The molecule has 332 valence electrons. The van der Waals surface area contributed by atoms with E-state index in [9.17, 15) is 14.4 Å². The molecule has 0 spiro atoms. The fourth-order valence-electron chi connectivity index (χ4n) is 9.17. The van der Waals surface area contributed by atoms with Crippen LogP contribution in [0.25, 0.3) is 33.7 Å². The van der Waals surface area contributed by atoms with Crippen LogP contribution in [0.15, 0.2) is 71.6 Å². The molecular formula is C48H56N12O4. The third-order valence-corrected chi connectivity index (χ3v) is 12.8. The number of pyridine rings is 1. The van der Waals surface area contributed by atoms with E-state index >= 15 is 0 Å². The molecule has 0 aliphatic carbocycles. The predicted octanol–water partition coefficient (Wildman–Crippen LogP) is 6.96. The molecule has 9 rings (SSSR count). The van der Waals surface area contributed by atoms with Crippen LogP contribution in [0.4, 0.5) is 21.9 Å². The van der Waals surface area contributed by atoms with Crippen molar-refractivity contribution >= 4 is 45.9 Å². The molecule has 4 amide bonds. The van der Waals surface area contributed by atoms with Gasteiger partial charge in [-0.25, -0.2) is 14.8 Å². The van der Waals surface area contributed by atoms with Crippen molar-refractivity contribution < 1.29 is 18.9 Å². The second kappa shape index (κ2) is 17.5. The Labute approximate surface area is 372 Å². The largest absolute Gasteiger partial charge is 0.372 e. The Morgan fingerprint density at radius 2 is 1.64 bits per heavy atom. The number of aromatic nitrogens is 6. The van der Waals surface area contributed by atoms with Crippen molar-refractivity contribution in [2.24, 2.45) is 5.92 Å². The van der Waals surface area contributed by atoms with Gasteiger partial charge in [-0.1, -0.05) is 38.1 Å². The van der Waals surface area contributed by atoms with E-state index in [0.717, 1.165) is 120 Å². The molecule has 2 aromatic carbocycles. The van der Waals surface area contributed by atoms with Crippen molar-refractivity contribution in [3.63, 3.8) is 0 Å². The summed E-state index contributed by atoms with van der Waals surface area (Å²) in [4.78, 5) is 68.0. The molecule has 16 nitrogen and oxygen atoms in total. The number of urea groups is 1. The van der Waals surface area contributed by atoms with E-state index in [1.807, 2.05) is 65.9 Å². The molecule has 6 aromatic rings. The van der Waals surface area contributed by atoms with Gasteiger partial charge >= 0.3 is 6.03 Å². The van der Waals surface area contributed by atoms with E-state index in [0.29, 0.717) is 24.8 Å². The molecule has 0 bridgehead atoms. The minimum absolute atomic E-state index is 0.0189. The number of benzene rings is 2. The number of amides is 4. The lowest BCUT2D eigenvalue weighted by molar-refractivity contribution is -0.120. The first-order valence-electron chi connectivity index (χ1n) is 22.3. The number of imide groups is 1. The van der Waals surface area contributed by atoms with Crippen molar-refractivity contribution in [2.75, 3.05) is 67.1 Å². The van der Waals surface area contributed by atoms with E-state index in [4.69, 9.17) is 9.51 Å². The van der Waals surface area contributed by atoms with Gasteiger partial charge in [0.05, 0.1) is 35.0 Å². The van der Waals surface area contributed by atoms with Crippen molar-refractivity contribution in [3.8, 4) is 22.6 Å². The number of H-pyrrole nitrogens is 1. The van der Waals surface area contributed by atoms with Crippen LogP contribution in [0.1, 0.15) is 86.2 Å². The Morgan fingerprint density at radius 1 is 0.875 bits per heavy atom. The highest BCUT2D eigenvalue weighted by Gasteiger charge is 2.29. The van der Waals surface area contributed by atoms with Crippen LogP contribution < -0.4 is 25.3 Å². The molecular weight excluding hydrogens is 809 g/mol. The third-order valence-electron chi connectivity index (χ3n) is 12.8. The number of piperazine rings is 1. The zero-order valence-electron chi connectivity index (χ0n) is 37.4. The van der Waals surface area contributed by atoms with E-state index in [1.165, 1.54) is 5.69 Å². The van der Waals surface area contributed by atoms with Crippen molar-refractivity contribution in [2.45, 2.75) is 72.3 Å². The predicted molar refractivity (Wildman–Crippen MR) is 246 cm³/mol. The fourth-order valence-corrected chi connectivity index (χ4v) is 9.17. The summed E-state index contributed by atoms with van der Waals surface area (Å²) in [5.41, 5.74) is 10.1. The van der Waals surface area contributed by atoms with Crippen LogP contribution in [0, 0.1) is 19.8 Å². The van der Waals surface area contributed by atoms with E-state index in [-0.39, 0.29) is 35.1 Å². The summed E-state index contributed by atoms with van der Waals surface area (Å²) >= 11 is 0. The first-order valence-corrected chi connectivity index (χ1v) is 22.3. The minimum Gasteiger partial charge on any atom is -0.372 e. The monoisotopic (exact) mass is 864 g/mol. The molecule has 0 saturated carbocycles. The van der Waals surface area contributed by atoms with Gasteiger partial charge in [-0.05, 0) is 98.7 Å². The summed E-state index contributed by atoms with van der Waals surface area (Å²) in [5, 5.41) is 10.2. The minimum atomic E-state index is -0.388. The summed E-state index contributed by atoms with van der Waals surface area (Å²) in [6.45, 7) is 19.4. The Morgan fingerprint density at radius 3 is 2.33 bits per heavy atom.